The molecule has 3 nitrogen and oxygen atoms in total. The molecule has 6 heteroatoms. The summed E-state index contributed by atoms with van der Waals surface area (Å²) in [6.07, 6.45) is -1.15. The highest BCUT2D eigenvalue weighted by Crippen LogP contribution is 2.33. The largest absolute Gasteiger partial charge is 0.416 e. The van der Waals surface area contributed by atoms with Gasteiger partial charge in [0.15, 0.2) is 0 Å². The molecule has 1 fully saturated rings. The Bertz CT molecular complexity index is 1070. The molecule has 0 radical (unpaired) electrons. The molecule has 3 aromatic carbocycles. The molecule has 1 saturated heterocycles. The summed E-state index contributed by atoms with van der Waals surface area (Å²) in [5.74, 6) is 0. The van der Waals surface area contributed by atoms with E-state index in [4.69, 9.17) is 0 Å². The van der Waals surface area contributed by atoms with Gasteiger partial charge in [-0.05, 0) is 42.7 Å². The van der Waals surface area contributed by atoms with E-state index in [2.05, 4.69) is 16.1 Å². The standard InChI is InChI=1S/C24H22F3N3/c25-24(26,27)20-11-8-18(9-12-20)17-29-14-4-1-5-15-30(29)23-13-10-19(16-28)21-6-2-3-7-22(21)23/h2-3,6-13H,1,4-5,14-15,17H2. The van der Waals surface area contributed by atoms with Crippen molar-refractivity contribution >= 4 is 16.5 Å². The molecule has 0 atom stereocenters. The number of benzene rings is 3. The van der Waals surface area contributed by atoms with E-state index in [1.807, 2.05) is 36.4 Å². The van der Waals surface area contributed by atoms with Gasteiger partial charge in [0.25, 0.3) is 0 Å². The van der Waals surface area contributed by atoms with Gasteiger partial charge in [-0.2, -0.15) is 18.4 Å². The quantitative estimate of drug-likeness (QED) is 0.521. The Morgan fingerprint density at radius 2 is 1.53 bits per heavy atom. The molecule has 30 heavy (non-hydrogen) atoms. The van der Waals surface area contributed by atoms with Crippen LogP contribution >= 0.6 is 0 Å². The summed E-state index contributed by atoms with van der Waals surface area (Å²) < 4.78 is 38.7. The van der Waals surface area contributed by atoms with Crippen LogP contribution in [-0.4, -0.2) is 18.1 Å². The van der Waals surface area contributed by atoms with Crippen LogP contribution in [0.3, 0.4) is 0 Å². The number of hydrogen-bond acceptors (Lipinski definition) is 3. The molecule has 0 N–H and O–H groups in total. The van der Waals surface area contributed by atoms with Crippen molar-refractivity contribution in [3.63, 3.8) is 0 Å². The Kier molecular flexibility index (Phi) is 5.65. The van der Waals surface area contributed by atoms with Crippen molar-refractivity contribution in [3.05, 3.63) is 77.4 Å². The molecule has 0 bridgehead atoms. The van der Waals surface area contributed by atoms with Crippen molar-refractivity contribution in [2.24, 2.45) is 0 Å². The van der Waals surface area contributed by atoms with Crippen molar-refractivity contribution < 1.29 is 13.2 Å². The zero-order valence-electron chi connectivity index (χ0n) is 16.5. The third-order valence-electron chi connectivity index (χ3n) is 5.57. The number of hydrazine groups is 1. The zero-order chi connectivity index (χ0) is 21.1. The summed E-state index contributed by atoms with van der Waals surface area (Å²) >= 11 is 0. The van der Waals surface area contributed by atoms with Crippen LogP contribution in [0.2, 0.25) is 0 Å². The Balaban J connectivity index is 1.68. The second-order valence-corrected chi connectivity index (χ2v) is 7.56. The summed E-state index contributed by atoms with van der Waals surface area (Å²) in [4.78, 5) is 0. The number of fused-ring (bicyclic) bond motifs is 1. The molecule has 154 valence electrons. The van der Waals surface area contributed by atoms with Gasteiger partial charge in [-0.25, -0.2) is 5.01 Å². The summed E-state index contributed by atoms with van der Waals surface area (Å²) in [7, 11) is 0. The molecule has 0 aliphatic carbocycles. The van der Waals surface area contributed by atoms with Gasteiger partial charge in [-0.15, -0.1) is 0 Å². The van der Waals surface area contributed by atoms with Crippen LogP contribution in [0, 0.1) is 11.3 Å². The molecule has 0 spiro atoms. The minimum atomic E-state index is -4.32. The topological polar surface area (TPSA) is 30.3 Å². The van der Waals surface area contributed by atoms with Crippen LogP contribution in [0.5, 0.6) is 0 Å². The minimum Gasteiger partial charge on any atom is -0.305 e. The number of nitrogens with zero attached hydrogens (tertiary/aromatic N) is 3. The van der Waals surface area contributed by atoms with Crippen LogP contribution in [0.15, 0.2) is 60.7 Å². The lowest BCUT2D eigenvalue weighted by Crippen LogP contribution is -2.42. The van der Waals surface area contributed by atoms with Crippen LogP contribution in [0.4, 0.5) is 18.9 Å². The molecule has 3 aromatic rings. The second kappa shape index (κ2) is 8.37. The Morgan fingerprint density at radius 3 is 2.23 bits per heavy atom. The molecule has 4 rings (SSSR count). The van der Waals surface area contributed by atoms with Crippen LogP contribution < -0.4 is 5.01 Å². The van der Waals surface area contributed by atoms with Gasteiger partial charge in [-0.3, -0.25) is 0 Å². The zero-order valence-corrected chi connectivity index (χ0v) is 16.5. The van der Waals surface area contributed by atoms with Crippen molar-refractivity contribution in [1.29, 1.82) is 5.26 Å². The lowest BCUT2D eigenvalue weighted by molar-refractivity contribution is -0.137. The van der Waals surface area contributed by atoms with Crippen molar-refractivity contribution in [1.82, 2.24) is 5.01 Å². The first-order valence-corrected chi connectivity index (χ1v) is 10.1. The number of rotatable bonds is 3. The van der Waals surface area contributed by atoms with Crippen molar-refractivity contribution in [3.8, 4) is 6.07 Å². The first-order chi connectivity index (χ1) is 14.5. The lowest BCUT2D eigenvalue weighted by Gasteiger charge is -2.36. The fourth-order valence-corrected chi connectivity index (χ4v) is 4.05. The van der Waals surface area contributed by atoms with Crippen molar-refractivity contribution in [2.75, 3.05) is 18.1 Å². The second-order valence-electron chi connectivity index (χ2n) is 7.56. The molecule has 0 saturated carbocycles. The maximum atomic E-state index is 12.9. The molecule has 1 aliphatic rings. The third kappa shape index (κ3) is 4.12. The molecule has 0 unspecified atom stereocenters. The predicted octanol–water partition coefficient (Wildman–Crippen LogP) is 6.14. The van der Waals surface area contributed by atoms with Gasteiger partial charge >= 0.3 is 6.18 Å². The normalized spacial score (nSPS) is 15.7. The highest BCUT2D eigenvalue weighted by Gasteiger charge is 2.30. The summed E-state index contributed by atoms with van der Waals surface area (Å²) in [6, 6.07) is 19.4. The molecule has 1 aliphatic heterocycles. The van der Waals surface area contributed by atoms with Crippen LogP contribution in [0.1, 0.15) is 36.0 Å². The minimum absolute atomic E-state index is 0.534. The predicted molar refractivity (Wildman–Crippen MR) is 112 cm³/mol. The van der Waals surface area contributed by atoms with E-state index in [1.165, 1.54) is 0 Å². The first-order valence-electron chi connectivity index (χ1n) is 10.1. The maximum absolute atomic E-state index is 12.9. The summed E-state index contributed by atoms with van der Waals surface area (Å²) in [5, 5.41) is 15.8. The molecule has 1 heterocycles. The van der Waals surface area contributed by atoms with Crippen molar-refractivity contribution in [2.45, 2.75) is 32.0 Å². The first kappa shape index (κ1) is 20.2. The van der Waals surface area contributed by atoms with Gasteiger partial charge in [0.2, 0.25) is 0 Å². The fraction of sp³-hybridized carbons (Fsp3) is 0.292. The van der Waals surface area contributed by atoms with E-state index in [0.29, 0.717) is 12.1 Å². The summed E-state index contributed by atoms with van der Waals surface area (Å²) in [6.45, 7) is 2.19. The van der Waals surface area contributed by atoms with Gasteiger partial charge in [-0.1, -0.05) is 42.8 Å². The van der Waals surface area contributed by atoms with E-state index >= 15 is 0 Å². The smallest absolute Gasteiger partial charge is 0.305 e. The Morgan fingerprint density at radius 1 is 0.833 bits per heavy atom. The van der Waals surface area contributed by atoms with E-state index in [0.717, 1.165) is 66.5 Å². The highest BCUT2D eigenvalue weighted by atomic mass is 19.4. The third-order valence-corrected chi connectivity index (χ3v) is 5.57. The van der Waals surface area contributed by atoms with E-state index in [9.17, 15) is 18.4 Å². The Labute approximate surface area is 173 Å². The monoisotopic (exact) mass is 409 g/mol. The highest BCUT2D eigenvalue weighted by molar-refractivity contribution is 5.97. The maximum Gasteiger partial charge on any atom is 0.416 e. The van der Waals surface area contributed by atoms with E-state index in [-0.39, 0.29) is 0 Å². The summed E-state index contributed by atoms with van der Waals surface area (Å²) in [5.41, 5.74) is 1.88. The SMILES string of the molecule is N#Cc1ccc(N2CCCCCN2Cc2ccc(C(F)(F)F)cc2)c2ccccc12. The van der Waals surface area contributed by atoms with E-state index in [1.54, 1.807) is 12.1 Å². The van der Waals surface area contributed by atoms with Crippen LogP contribution in [-0.2, 0) is 12.7 Å². The van der Waals surface area contributed by atoms with Gasteiger partial charge in [0.05, 0.1) is 22.9 Å². The number of alkyl halides is 3. The average Bonchev–Trinajstić information content (AvgIpc) is 2.98. The van der Waals surface area contributed by atoms with Crippen LogP contribution in [0.25, 0.3) is 10.8 Å². The molecular formula is C24H22F3N3. The van der Waals surface area contributed by atoms with Gasteiger partial charge in [0, 0.05) is 30.4 Å². The number of hydrogen-bond donors (Lipinski definition) is 0. The fourth-order valence-electron chi connectivity index (χ4n) is 4.05. The molecule has 0 aromatic heterocycles. The average molecular weight is 409 g/mol. The van der Waals surface area contributed by atoms with Gasteiger partial charge in [0.1, 0.15) is 0 Å². The number of anilines is 1. The number of nitriles is 1. The van der Waals surface area contributed by atoms with E-state index < -0.39 is 11.7 Å². The van der Waals surface area contributed by atoms with Gasteiger partial charge < -0.3 is 5.01 Å². The number of halogens is 3. The molecular weight excluding hydrogens is 387 g/mol. The lowest BCUT2D eigenvalue weighted by atomic mass is 10.0. The molecule has 0 amide bonds. The Hall–Kier alpha value is -3.04.